The summed E-state index contributed by atoms with van der Waals surface area (Å²) in [6.45, 7) is 0.647. The van der Waals surface area contributed by atoms with Crippen molar-refractivity contribution < 1.29 is 0 Å². The van der Waals surface area contributed by atoms with Crippen LogP contribution in [0.4, 0.5) is 5.82 Å². The number of nitrogens with zero attached hydrogens (tertiary/aromatic N) is 3. The fourth-order valence-corrected chi connectivity index (χ4v) is 2.09. The highest BCUT2D eigenvalue weighted by Gasteiger charge is 2.06. The molecule has 0 radical (unpaired) electrons. The molecule has 0 aliphatic rings. The van der Waals surface area contributed by atoms with Gasteiger partial charge in [-0.1, -0.05) is 41.9 Å². The number of aromatic nitrogens is 3. The van der Waals surface area contributed by atoms with E-state index in [9.17, 15) is 0 Å². The number of benzene rings is 1. The Hall–Kier alpha value is -2.20. The van der Waals surface area contributed by atoms with E-state index in [2.05, 4.69) is 20.5 Å². The minimum Gasteiger partial charge on any atom is -0.364 e. The molecular formula is C14H11ClN4. The highest BCUT2D eigenvalue weighted by atomic mass is 35.5. The second-order valence-corrected chi connectivity index (χ2v) is 4.46. The molecule has 0 saturated heterocycles. The Morgan fingerprint density at radius 3 is 2.63 bits per heavy atom. The van der Waals surface area contributed by atoms with Crippen LogP contribution in [0, 0.1) is 0 Å². The zero-order chi connectivity index (χ0) is 13.1. The zero-order valence-electron chi connectivity index (χ0n) is 10.0. The quantitative estimate of drug-likeness (QED) is 0.793. The molecule has 3 rings (SSSR count). The molecule has 0 atom stereocenters. The minimum atomic E-state index is 0.419. The predicted molar refractivity (Wildman–Crippen MR) is 76.1 cm³/mol. The molecule has 2 heterocycles. The number of hydrogen-bond donors (Lipinski definition) is 1. The van der Waals surface area contributed by atoms with Crippen molar-refractivity contribution in [2.45, 2.75) is 6.54 Å². The number of anilines is 1. The summed E-state index contributed by atoms with van der Waals surface area (Å²) in [6.07, 6.45) is 3.57. The molecule has 19 heavy (non-hydrogen) atoms. The van der Waals surface area contributed by atoms with Gasteiger partial charge in [0.2, 0.25) is 0 Å². The summed E-state index contributed by atoms with van der Waals surface area (Å²) in [5.41, 5.74) is 1.09. The molecule has 4 nitrogen and oxygen atoms in total. The first-order chi connectivity index (χ1) is 9.34. The Labute approximate surface area is 115 Å². The molecular weight excluding hydrogens is 260 g/mol. The second kappa shape index (κ2) is 5.20. The van der Waals surface area contributed by atoms with Gasteiger partial charge in [-0.15, -0.1) is 10.2 Å². The van der Waals surface area contributed by atoms with Gasteiger partial charge in [-0.05, 0) is 11.6 Å². The molecule has 3 aromatic rings. The Kier molecular flexibility index (Phi) is 3.25. The van der Waals surface area contributed by atoms with E-state index < -0.39 is 0 Å². The summed E-state index contributed by atoms with van der Waals surface area (Å²) in [7, 11) is 0. The molecule has 0 amide bonds. The van der Waals surface area contributed by atoms with Gasteiger partial charge in [-0.2, -0.15) is 0 Å². The Morgan fingerprint density at radius 1 is 1.00 bits per heavy atom. The molecule has 1 aromatic carbocycles. The number of fused-ring (bicyclic) bond motifs is 1. The van der Waals surface area contributed by atoms with Gasteiger partial charge in [0, 0.05) is 29.7 Å². The van der Waals surface area contributed by atoms with Crippen molar-refractivity contribution in [3.05, 3.63) is 59.5 Å². The second-order valence-electron chi connectivity index (χ2n) is 4.10. The molecule has 0 unspecified atom stereocenters. The predicted octanol–water partition coefficient (Wildman–Crippen LogP) is 3.29. The Balaban J connectivity index is 1.91. The first kappa shape index (κ1) is 11.9. The summed E-state index contributed by atoms with van der Waals surface area (Å²) >= 11 is 6.03. The largest absolute Gasteiger partial charge is 0.364 e. The maximum atomic E-state index is 6.03. The van der Waals surface area contributed by atoms with Crippen molar-refractivity contribution in [1.29, 1.82) is 0 Å². The number of rotatable bonds is 3. The average molecular weight is 271 g/mol. The highest BCUT2D eigenvalue weighted by Crippen LogP contribution is 2.25. The average Bonchev–Trinajstić information content (AvgIpc) is 2.48. The van der Waals surface area contributed by atoms with E-state index in [0.717, 1.165) is 22.2 Å². The maximum Gasteiger partial charge on any atom is 0.159 e. The molecule has 0 spiro atoms. The van der Waals surface area contributed by atoms with E-state index in [4.69, 9.17) is 11.6 Å². The van der Waals surface area contributed by atoms with E-state index in [1.165, 1.54) is 0 Å². The fraction of sp³-hybridized carbons (Fsp3) is 0.0714. The number of pyridine rings is 1. The van der Waals surface area contributed by atoms with Crippen molar-refractivity contribution >= 4 is 28.2 Å². The van der Waals surface area contributed by atoms with Crippen LogP contribution in [0.5, 0.6) is 0 Å². The van der Waals surface area contributed by atoms with Crippen molar-refractivity contribution in [3.8, 4) is 0 Å². The first-order valence-electron chi connectivity index (χ1n) is 5.88. The lowest BCUT2D eigenvalue weighted by molar-refractivity contribution is 1.01. The van der Waals surface area contributed by atoms with Crippen molar-refractivity contribution in [1.82, 2.24) is 15.2 Å². The van der Waals surface area contributed by atoms with Crippen LogP contribution in [0.15, 0.2) is 48.8 Å². The van der Waals surface area contributed by atoms with Gasteiger partial charge in [0.05, 0.1) is 0 Å². The molecule has 5 heteroatoms. The highest BCUT2D eigenvalue weighted by molar-refractivity contribution is 6.34. The van der Waals surface area contributed by atoms with Crippen LogP contribution in [-0.4, -0.2) is 15.2 Å². The van der Waals surface area contributed by atoms with Gasteiger partial charge < -0.3 is 5.32 Å². The van der Waals surface area contributed by atoms with Crippen LogP contribution < -0.4 is 5.32 Å². The lowest BCUT2D eigenvalue weighted by Gasteiger charge is -2.08. The van der Waals surface area contributed by atoms with E-state index in [-0.39, 0.29) is 0 Å². The van der Waals surface area contributed by atoms with E-state index in [1.807, 2.05) is 42.6 Å². The van der Waals surface area contributed by atoms with Gasteiger partial charge in [0.25, 0.3) is 0 Å². The maximum absolute atomic E-state index is 6.03. The molecule has 0 aliphatic heterocycles. The zero-order valence-corrected chi connectivity index (χ0v) is 10.8. The Morgan fingerprint density at radius 2 is 1.84 bits per heavy atom. The van der Waals surface area contributed by atoms with Crippen molar-refractivity contribution in [3.63, 3.8) is 0 Å². The van der Waals surface area contributed by atoms with E-state index in [0.29, 0.717) is 11.7 Å². The Bertz CT molecular complexity index is 700. The first-order valence-corrected chi connectivity index (χ1v) is 6.26. The molecule has 0 aliphatic carbocycles. The summed E-state index contributed by atoms with van der Waals surface area (Å²) in [6, 6.07) is 11.7. The fourth-order valence-electron chi connectivity index (χ4n) is 1.89. The SMILES string of the molecule is Clc1nnc(NCc2cccnc2)c2ccccc12. The third-order valence-corrected chi connectivity index (χ3v) is 3.10. The van der Waals surface area contributed by atoms with Crippen molar-refractivity contribution in [2.24, 2.45) is 0 Å². The van der Waals surface area contributed by atoms with E-state index >= 15 is 0 Å². The number of halogens is 1. The van der Waals surface area contributed by atoms with Crippen LogP contribution in [-0.2, 0) is 6.54 Å². The van der Waals surface area contributed by atoms with Gasteiger partial charge in [0.15, 0.2) is 11.0 Å². The molecule has 0 bridgehead atoms. The summed E-state index contributed by atoms with van der Waals surface area (Å²) < 4.78 is 0. The van der Waals surface area contributed by atoms with Crippen molar-refractivity contribution in [2.75, 3.05) is 5.32 Å². The topological polar surface area (TPSA) is 50.7 Å². The minimum absolute atomic E-state index is 0.419. The van der Waals surface area contributed by atoms with Crippen LogP contribution in [0.1, 0.15) is 5.56 Å². The van der Waals surface area contributed by atoms with Crippen LogP contribution in [0.2, 0.25) is 5.15 Å². The van der Waals surface area contributed by atoms with Crippen LogP contribution in [0.3, 0.4) is 0 Å². The molecule has 0 fully saturated rings. The van der Waals surface area contributed by atoms with Gasteiger partial charge in [-0.3, -0.25) is 4.98 Å². The molecule has 1 N–H and O–H groups in total. The van der Waals surface area contributed by atoms with Gasteiger partial charge in [-0.25, -0.2) is 0 Å². The summed E-state index contributed by atoms with van der Waals surface area (Å²) in [4.78, 5) is 4.08. The smallest absolute Gasteiger partial charge is 0.159 e. The summed E-state index contributed by atoms with van der Waals surface area (Å²) in [5.74, 6) is 0.726. The standard InChI is InChI=1S/C14H11ClN4/c15-13-11-5-1-2-6-12(11)14(19-18-13)17-9-10-4-3-7-16-8-10/h1-8H,9H2,(H,17,19). The van der Waals surface area contributed by atoms with Gasteiger partial charge in [0.1, 0.15) is 0 Å². The molecule has 0 saturated carbocycles. The molecule has 2 aromatic heterocycles. The lowest BCUT2D eigenvalue weighted by Crippen LogP contribution is -2.03. The molecule has 94 valence electrons. The third kappa shape index (κ3) is 2.48. The normalized spacial score (nSPS) is 10.6. The number of nitrogens with one attached hydrogen (secondary N) is 1. The monoisotopic (exact) mass is 270 g/mol. The van der Waals surface area contributed by atoms with Crippen LogP contribution in [0.25, 0.3) is 10.8 Å². The number of hydrogen-bond acceptors (Lipinski definition) is 4. The lowest BCUT2D eigenvalue weighted by atomic mass is 10.2. The van der Waals surface area contributed by atoms with E-state index in [1.54, 1.807) is 6.20 Å². The third-order valence-electron chi connectivity index (χ3n) is 2.82. The summed E-state index contributed by atoms with van der Waals surface area (Å²) in [5, 5.41) is 13.6. The van der Waals surface area contributed by atoms with Gasteiger partial charge >= 0.3 is 0 Å². The van der Waals surface area contributed by atoms with Crippen LogP contribution >= 0.6 is 11.6 Å².